The lowest BCUT2D eigenvalue weighted by atomic mass is 10.1. The van der Waals surface area contributed by atoms with Crippen LogP contribution in [0.2, 0.25) is 0 Å². The van der Waals surface area contributed by atoms with Crippen LogP contribution in [0.5, 0.6) is 5.75 Å². The highest BCUT2D eigenvalue weighted by Crippen LogP contribution is 2.35. The molecule has 1 aliphatic heterocycles. The van der Waals surface area contributed by atoms with Crippen LogP contribution >= 0.6 is 47.8 Å². The van der Waals surface area contributed by atoms with E-state index in [2.05, 4.69) is 58.4 Å². The van der Waals surface area contributed by atoms with Crippen molar-refractivity contribution < 1.29 is 23.9 Å². The number of imide groups is 2. The van der Waals surface area contributed by atoms with Crippen molar-refractivity contribution in [3.8, 4) is 5.75 Å². The Bertz CT molecular complexity index is 1500. The third-order valence-corrected chi connectivity index (χ3v) is 7.24. The Hall–Kier alpha value is -3.28. The van der Waals surface area contributed by atoms with Crippen LogP contribution in [0.15, 0.2) is 73.6 Å². The molecule has 3 aromatic carbocycles. The summed E-state index contributed by atoms with van der Waals surface area (Å²) >= 11 is 10.1. The van der Waals surface area contributed by atoms with Gasteiger partial charge in [0.25, 0.3) is 17.7 Å². The molecule has 3 aromatic rings. The summed E-state index contributed by atoms with van der Waals surface area (Å²) in [5.74, 6) is -1.79. The van der Waals surface area contributed by atoms with E-state index >= 15 is 0 Å². The van der Waals surface area contributed by atoms with Gasteiger partial charge in [-0.15, -0.1) is 0 Å². The van der Waals surface area contributed by atoms with E-state index in [4.69, 9.17) is 4.74 Å². The lowest BCUT2D eigenvalue weighted by Gasteiger charge is -2.26. The average Bonchev–Trinajstić information content (AvgIpc) is 2.84. The number of halogens is 3. The first-order chi connectivity index (χ1) is 18.0. The maximum Gasteiger partial charge on any atom is 0.335 e. The molecule has 4 rings (SSSR count). The molecule has 0 unspecified atom stereocenters. The number of urea groups is 1. The van der Waals surface area contributed by atoms with Crippen molar-refractivity contribution >= 4 is 89.0 Å². The number of nitrogens with one attached hydrogen (secondary N) is 2. The number of hydrogen-bond donors (Lipinski definition) is 2. The fraction of sp³-hybridized carbons (Fsp3) is 0.111. The average molecular weight is 706 g/mol. The fourth-order valence-corrected chi connectivity index (χ4v) is 5.27. The van der Waals surface area contributed by atoms with E-state index in [0.29, 0.717) is 25.9 Å². The number of barbiturate groups is 1. The van der Waals surface area contributed by atoms with Crippen LogP contribution in [-0.2, 0) is 14.4 Å². The van der Waals surface area contributed by atoms with Crippen LogP contribution in [0.1, 0.15) is 16.7 Å². The summed E-state index contributed by atoms with van der Waals surface area (Å²) in [6.45, 7) is 3.61. The molecule has 0 aliphatic carbocycles. The quantitative estimate of drug-likeness (QED) is 0.232. The largest absolute Gasteiger partial charge is 0.482 e. The molecule has 0 spiro atoms. The zero-order valence-electron chi connectivity index (χ0n) is 20.1. The molecule has 11 heteroatoms. The molecule has 1 fully saturated rings. The zero-order chi connectivity index (χ0) is 27.6. The molecule has 2 N–H and O–H groups in total. The lowest BCUT2D eigenvalue weighted by Crippen LogP contribution is -2.54. The Kier molecular flexibility index (Phi) is 8.49. The van der Waals surface area contributed by atoms with E-state index in [9.17, 15) is 19.2 Å². The van der Waals surface area contributed by atoms with Gasteiger partial charge in [0.2, 0.25) is 0 Å². The predicted octanol–water partition coefficient (Wildman–Crippen LogP) is 6.27. The third kappa shape index (κ3) is 6.23. The van der Waals surface area contributed by atoms with Crippen molar-refractivity contribution in [1.82, 2.24) is 5.32 Å². The van der Waals surface area contributed by atoms with Gasteiger partial charge in [-0.3, -0.25) is 19.7 Å². The molecule has 1 aliphatic rings. The number of carbonyl (C=O) groups excluding carboxylic acids is 4. The summed E-state index contributed by atoms with van der Waals surface area (Å²) in [5, 5.41) is 4.99. The first kappa shape index (κ1) is 27.7. The van der Waals surface area contributed by atoms with Crippen LogP contribution < -0.4 is 20.3 Å². The molecule has 8 nitrogen and oxygen atoms in total. The van der Waals surface area contributed by atoms with Gasteiger partial charge < -0.3 is 10.1 Å². The van der Waals surface area contributed by atoms with Crippen LogP contribution in [0.25, 0.3) is 6.08 Å². The van der Waals surface area contributed by atoms with Crippen molar-refractivity contribution in [1.29, 1.82) is 0 Å². The molecule has 0 atom stereocenters. The van der Waals surface area contributed by atoms with Crippen LogP contribution in [-0.4, -0.2) is 30.4 Å². The molecule has 0 bridgehead atoms. The highest BCUT2D eigenvalue weighted by atomic mass is 79.9. The molecule has 0 saturated carbocycles. The number of ether oxygens (including phenoxy) is 1. The van der Waals surface area contributed by atoms with Crippen LogP contribution in [0.4, 0.5) is 16.2 Å². The highest BCUT2D eigenvalue weighted by Gasteiger charge is 2.37. The molecule has 1 saturated heterocycles. The van der Waals surface area contributed by atoms with E-state index in [0.717, 1.165) is 20.5 Å². The van der Waals surface area contributed by atoms with E-state index in [1.54, 1.807) is 42.5 Å². The van der Waals surface area contributed by atoms with Gasteiger partial charge in [-0.25, -0.2) is 9.69 Å². The molecular weight excluding hydrogens is 686 g/mol. The Balaban J connectivity index is 1.61. The Morgan fingerprint density at radius 2 is 1.66 bits per heavy atom. The maximum absolute atomic E-state index is 13.3. The fourth-order valence-electron chi connectivity index (χ4n) is 3.63. The first-order valence-corrected chi connectivity index (χ1v) is 13.6. The Morgan fingerprint density at radius 3 is 2.34 bits per heavy atom. The summed E-state index contributed by atoms with van der Waals surface area (Å²) in [6, 6.07) is 14.6. The molecule has 194 valence electrons. The summed E-state index contributed by atoms with van der Waals surface area (Å²) in [6.07, 6.45) is 1.32. The number of benzene rings is 3. The van der Waals surface area contributed by atoms with Crippen molar-refractivity contribution in [3.05, 3.63) is 90.3 Å². The van der Waals surface area contributed by atoms with Crippen LogP contribution in [0.3, 0.4) is 0 Å². The SMILES string of the molecule is Cc1ccc(NC(=O)COc2c(Br)cc(Br)cc2/C=C2\C(=O)NC(=O)N(c3ccc(Br)cc3)C2=O)cc1C. The summed E-state index contributed by atoms with van der Waals surface area (Å²) in [7, 11) is 0. The molecule has 38 heavy (non-hydrogen) atoms. The standard InChI is InChI=1S/C27H20Br3N3O5/c1-14-3-6-19(9-15(14)2)31-23(34)13-38-24-16(10-18(29)12-22(24)30)11-21-25(35)32-27(37)33(26(21)36)20-7-4-17(28)5-8-20/h3-12H,13H2,1-2H3,(H,31,34)(H,32,35,37)/b21-11+. The smallest absolute Gasteiger partial charge is 0.335 e. The minimum atomic E-state index is -0.852. The highest BCUT2D eigenvalue weighted by molar-refractivity contribution is 9.11. The molecule has 5 amide bonds. The summed E-state index contributed by atoms with van der Waals surface area (Å²) in [4.78, 5) is 51.9. The van der Waals surface area contributed by atoms with E-state index in [-0.39, 0.29) is 23.8 Å². The number of carbonyl (C=O) groups is 4. The van der Waals surface area contributed by atoms with Gasteiger partial charge in [0.1, 0.15) is 11.3 Å². The topological polar surface area (TPSA) is 105 Å². The minimum Gasteiger partial charge on any atom is -0.482 e. The second-order valence-corrected chi connectivity index (χ2v) is 11.1. The number of hydrogen-bond acceptors (Lipinski definition) is 5. The van der Waals surface area contributed by atoms with Gasteiger partial charge in [-0.2, -0.15) is 0 Å². The zero-order valence-corrected chi connectivity index (χ0v) is 24.9. The minimum absolute atomic E-state index is 0.239. The summed E-state index contributed by atoms with van der Waals surface area (Å²) in [5.41, 5.74) is 3.15. The van der Waals surface area contributed by atoms with E-state index in [1.807, 2.05) is 26.0 Å². The number of rotatable bonds is 6. The third-order valence-electron chi connectivity index (χ3n) is 5.66. The van der Waals surface area contributed by atoms with E-state index in [1.165, 1.54) is 6.08 Å². The lowest BCUT2D eigenvalue weighted by molar-refractivity contribution is -0.122. The molecule has 1 heterocycles. The van der Waals surface area contributed by atoms with Crippen LogP contribution in [0, 0.1) is 13.8 Å². The second kappa shape index (κ2) is 11.6. The predicted molar refractivity (Wildman–Crippen MR) is 155 cm³/mol. The Labute approximate surface area is 243 Å². The van der Waals surface area contributed by atoms with Crippen molar-refractivity contribution in [2.24, 2.45) is 0 Å². The van der Waals surface area contributed by atoms with Gasteiger partial charge in [-0.05, 0) is 95.5 Å². The van der Waals surface area contributed by atoms with Gasteiger partial charge in [-0.1, -0.05) is 37.9 Å². The van der Waals surface area contributed by atoms with Crippen molar-refractivity contribution in [2.75, 3.05) is 16.8 Å². The van der Waals surface area contributed by atoms with Crippen molar-refractivity contribution in [3.63, 3.8) is 0 Å². The monoisotopic (exact) mass is 703 g/mol. The van der Waals surface area contributed by atoms with Gasteiger partial charge in [0.05, 0.1) is 10.2 Å². The molecular formula is C27H20Br3N3O5. The maximum atomic E-state index is 13.3. The first-order valence-electron chi connectivity index (χ1n) is 11.2. The number of amides is 5. The summed E-state index contributed by atoms with van der Waals surface area (Å²) < 4.78 is 7.70. The second-order valence-electron chi connectivity index (χ2n) is 8.38. The van der Waals surface area contributed by atoms with E-state index < -0.39 is 17.8 Å². The number of aryl methyl sites for hydroxylation is 2. The molecule has 0 radical (unpaired) electrons. The van der Waals surface area contributed by atoms with Gasteiger partial charge >= 0.3 is 6.03 Å². The molecule has 0 aromatic heterocycles. The van der Waals surface area contributed by atoms with Gasteiger partial charge in [0, 0.05) is 20.2 Å². The normalized spacial score (nSPS) is 14.5. The van der Waals surface area contributed by atoms with Crippen molar-refractivity contribution in [2.45, 2.75) is 13.8 Å². The van der Waals surface area contributed by atoms with Gasteiger partial charge in [0.15, 0.2) is 6.61 Å². The number of anilines is 2. The number of nitrogens with zero attached hydrogens (tertiary/aromatic N) is 1. The Morgan fingerprint density at radius 1 is 0.947 bits per heavy atom.